The summed E-state index contributed by atoms with van der Waals surface area (Å²) < 4.78 is 0. The Labute approximate surface area is 135 Å². The van der Waals surface area contributed by atoms with Crippen LogP contribution in [-0.2, 0) is 0 Å². The molecule has 0 unspecified atom stereocenters. The molecule has 0 saturated heterocycles. The second kappa shape index (κ2) is 9.40. The minimum atomic E-state index is 0.881. The second-order valence-corrected chi connectivity index (χ2v) is 7.65. The van der Waals surface area contributed by atoms with E-state index >= 15 is 0 Å². The van der Waals surface area contributed by atoms with Gasteiger partial charge < -0.3 is 4.90 Å². The average Bonchev–Trinajstić information content (AvgIpc) is 2.88. The van der Waals surface area contributed by atoms with Crippen molar-refractivity contribution in [2.75, 3.05) is 17.3 Å². The SMILES string of the molecule is CC(C)CCCCCCCCCN1CSc2ccccc21. The Morgan fingerprint density at radius 2 is 1.62 bits per heavy atom. The molecule has 1 aliphatic heterocycles. The van der Waals surface area contributed by atoms with E-state index < -0.39 is 0 Å². The van der Waals surface area contributed by atoms with Gasteiger partial charge in [0, 0.05) is 11.4 Å². The van der Waals surface area contributed by atoms with Gasteiger partial charge in [0.2, 0.25) is 0 Å². The lowest BCUT2D eigenvalue weighted by Gasteiger charge is -2.18. The van der Waals surface area contributed by atoms with Gasteiger partial charge >= 0.3 is 0 Å². The maximum atomic E-state index is 2.54. The quantitative estimate of drug-likeness (QED) is 0.464. The molecule has 0 aromatic heterocycles. The summed E-state index contributed by atoms with van der Waals surface area (Å²) >= 11 is 1.98. The van der Waals surface area contributed by atoms with E-state index in [1.54, 1.807) is 0 Å². The van der Waals surface area contributed by atoms with E-state index in [-0.39, 0.29) is 0 Å². The summed E-state index contributed by atoms with van der Waals surface area (Å²) in [6, 6.07) is 8.82. The number of fused-ring (bicyclic) bond motifs is 1. The van der Waals surface area contributed by atoms with Gasteiger partial charge in [-0.25, -0.2) is 0 Å². The number of benzene rings is 1. The van der Waals surface area contributed by atoms with Gasteiger partial charge in [-0.2, -0.15) is 0 Å². The molecule has 2 rings (SSSR count). The molecule has 2 heteroatoms. The molecule has 1 aliphatic rings. The number of anilines is 1. The largest absolute Gasteiger partial charge is 0.361 e. The molecule has 0 spiro atoms. The Bertz CT molecular complexity index is 402. The Kier molecular flexibility index (Phi) is 7.49. The highest BCUT2D eigenvalue weighted by Crippen LogP contribution is 2.37. The van der Waals surface area contributed by atoms with Crippen molar-refractivity contribution in [3.05, 3.63) is 24.3 Å². The van der Waals surface area contributed by atoms with E-state index in [1.165, 1.54) is 68.5 Å². The summed E-state index contributed by atoms with van der Waals surface area (Å²) in [4.78, 5) is 4.01. The first-order valence-electron chi connectivity index (χ1n) is 8.74. The monoisotopic (exact) mass is 305 g/mol. The third-order valence-corrected chi connectivity index (χ3v) is 5.39. The van der Waals surface area contributed by atoms with Crippen LogP contribution >= 0.6 is 11.8 Å². The molecule has 1 heterocycles. The van der Waals surface area contributed by atoms with E-state index in [4.69, 9.17) is 0 Å². The van der Waals surface area contributed by atoms with Crippen molar-refractivity contribution >= 4 is 17.4 Å². The van der Waals surface area contributed by atoms with Crippen LogP contribution in [-0.4, -0.2) is 12.4 Å². The number of unbranched alkanes of at least 4 members (excludes halogenated alkanes) is 6. The highest BCUT2D eigenvalue weighted by Gasteiger charge is 2.17. The smallest absolute Gasteiger partial charge is 0.0686 e. The van der Waals surface area contributed by atoms with Crippen LogP contribution in [0.4, 0.5) is 5.69 Å². The fraction of sp³-hybridized carbons (Fsp3) is 0.684. The minimum absolute atomic E-state index is 0.881. The van der Waals surface area contributed by atoms with Crippen LogP contribution in [0.2, 0.25) is 0 Å². The normalized spacial score (nSPS) is 14.0. The summed E-state index contributed by atoms with van der Waals surface area (Å²) in [6.07, 6.45) is 11.3. The Hall–Kier alpha value is -0.630. The topological polar surface area (TPSA) is 3.24 Å². The lowest BCUT2D eigenvalue weighted by Crippen LogP contribution is -2.20. The van der Waals surface area contributed by atoms with Gasteiger partial charge in [0.05, 0.1) is 11.6 Å². The van der Waals surface area contributed by atoms with Crippen LogP contribution in [0.3, 0.4) is 0 Å². The molecule has 1 aromatic rings. The zero-order valence-electron chi connectivity index (χ0n) is 13.8. The first-order valence-corrected chi connectivity index (χ1v) is 9.72. The van der Waals surface area contributed by atoms with Gasteiger partial charge in [0.1, 0.15) is 0 Å². The molecule has 0 amide bonds. The Balaban J connectivity index is 1.48. The lowest BCUT2D eigenvalue weighted by molar-refractivity contribution is 0.509. The fourth-order valence-electron chi connectivity index (χ4n) is 2.98. The first-order chi connectivity index (χ1) is 10.3. The van der Waals surface area contributed by atoms with Crippen LogP contribution in [0.5, 0.6) is 0 Å². The Morgan fingerprint density at radius 3 is 2.38 bits per heavy atom. The highest BCUT2D eigenvalue weighted by molar-refractivity contribution is 7.99. The number of hydrogen-bond acceptors (Lipinski definition) is 2. The minimum Gasteiger partial charge on any atom is -0.361 e. The van der Waals surface area contributed by atoms with Gasteiger partial charge in [-0.3, -0.25) is 0 Å². The van der Waals surface area contributed by atoms with Gasteiger partial charge in [-0.15, -0.1) is 11.8 Å². The predicted octanol–water partition coefficient (Wildman–Crippen LogP) is 6.33. The molecule has 0 radical (unpaired) electrons. The summed E-state index contributed by atoms with van der Waals surface area (Å²) in [5.41, 5.74) is 1.45. The molecule has 0 saturated carbocycles. The van der Waals surface area contributed by atoms with Crippen LogP contribution in [0, 0.1) is 5.92 Å². The molecule has 21 heavy (non-hydrogen) atoms. The average molecular weight is 306 g/mol. The van der Waals surface area contributed by atoms with Gasteiger partial charge in [0.25, 0.3) is 0 Å². The lowest BCUT2D eigenvalue weighted by atomic mass is 10.0. The third kappa shape index (κ3) is 5.94. The van der Waals surface area contributed by atoms with Gasteiger partial charge in [0.15, 0.2) is 0 Å². The summed E-state index contributed by atoms with van der Waals surface area (Å²) in [5, 5.41) is 0. The fourth-order valence-corrected chi connectivity index (χ4v) is 4.06. The van der Waals surface area contributed by atoms with Gasteiger partial charge in [-0.05, 0) is 24.5 Å². The molecule has 0 N–H and O–H groups in total. The number of para-hydroxylation sites is 1. The highest BCUT2D eigenvalue weighted by atomic mass is 32.2. The zero-order chi connectivity index (χ0) is 14.9. The van der Waals surface area contributed by atoms with Crippen molar-refractivity contribution in [2.24, 2.45) is 5.92 Å². The molecule has 118 valence electrons. The van der Waals surface area contributed by atoms with Crippen molar-refractivity contribution in [1.82, 2.24) is 0 Å². The molecule has 1 nitrogen and oxygen atoms in total. The van der Waals surface area contributed by atoms with E-state index in [0.29, 0.717) is 0 Å². The van der Waals surface area contributed by atoms with Crippen molar-refractivity contribution in [3.63, 3.8) is 0 Å². The molecule has 0 bridgehead atoms. The molecule has 1 aromatic carbocycles. The first kappa shape index (κ1) is 16.7. The number of hydrogen-bond donors (Lipinski definition) is 0. The van der Waals surface area contributed by atoms with Crippen LogP contribution in [0.25, 0.3) is 0 Å². The second-order valence-electron chi connectivity index (χ2n) is 6.66. The van der Waals surface area contributed by atoms with Crippen molar-refractivity contribution in [2.45, 2.75) is 70.1 Å². The molecular weight excluding hydrogens is 274 g/mol. The zero-order valence-corrected chi connectivity index (χ0v) is 14.6. The van der Waals surface area contributed by atoms with Crippen molar-refractivity contribution in [3.8, 4) is 0 Å². The van der Waals surface area contributed by atoms with Crippen molar-refractivity contribution in [1.29, 1.82) is 0 Å². The molecule has 0 fully saturated rings. The van der Waals surface area contributed by atoms with Crippen LogP contribution < -0.4 is 4.90 Å². The number of rotatable bonds is 10. The van der Waals surface area contributed by atoms with E-state index in [0.717, 1.165) is 11.8 Å². The number of thioether (sulfide) groups is 1. The summed E-state index contributed by atoms with van der Waals surface area (Å²) in [6.45, 7) is 5.89. The summed E-state index contributed by atoms with van der Waals surface area (Å²) in [5.74, 6) is 2.03. The van der Waals surface area contributed by atoms with E-state index in [1.807, 2.05) is 11.8 Å². The van der Waals surface area contributed by atoms with Crippen LogP contribution in [0.1, 0.15) is 65.2 Å². The summed E-state index contributed by atoms with van der Waals surface area (Å²) in [7, 11) is 0. The van der Waals surface area contributed by atoms with E-state index in [2.05, 4.69) is 43.0 Å². The predicted molar refractivity (Wildman–Crippen MR) is 96.3 cm³/mol. The molecule has 0 aliphatic carbocycles. The maximum Gasteiger partial charge on any atom is 0.0686 e. The molecular formula is C19H31NS. The molecule has 0 atom stereocenters. The maximum absolute atomic E-state index is 2.54. The Morgan fingerprint density at radius 1 is 0.952 bits per heavy atom. The standard InChI is InChI=1S/C19H31NS/c1-17(2)12-8-6-4-3-5-7-11-15-20-16-21-19-14-10-9-13-18(19)20/h9-10,13-14,17H,3-8,11-12,15-16H2,1-2H3. The third-order valence-electron chi connectivity index (χ3n) is 4.29. The van der Waals surface area contributed by atoms with Crippen molar-refractivity contribution < 1.29 is 0 Å². The van der Waals surface area contributed by atoms with Gasteiger partial charge in [-0.1, -0.05) is 70.9 Å². The van der Waals surface area contributed by atoms with E-state index in [9.17, 15) is 0 Å². The van der Waals surface area contributed by atoms with Crippen LogP contribution in [0.15, 0.2) is 29.2 Å². The number of nitrogens with zero attached hydrogens (tertiary/aromatic N) is 1.